The number of ether oxygens (including phenoxy) is 1. The van der Waals surface area contributed by atoms with Crippen molar-refractivity contribution in [1.29, 1.82) is 0 Å². The fraction of sp³-hybridized carbons (Fsp3) is 1.00. The second-order valence-corrected chi connectivity index (χ2v) is 3.10. The standard InChI is InChI=1S/C7H14O/c1-5(2)7(4)6(3)8-7/h5-6H,1-4H3/t6-,7-/m1/s1. The maximum absolute atomic E-state index is 5.37. The van der Waals surface area contributed by atoms with E-state index in [0.29, 0.717) is 12.0 Å². The highest BCUT2D eigenvalue weighted by atomic mass is 16.6. The van der Waals surface area contributed by atoms with Gasteiger partial charge in [-0.25, -0.2) is 0 Å². The number of hydrogen-bond acceptors (Lipinski definition) is 1. The second-order valence-electron chi connectivity index (χ2n) is 3.10. The quantitative estimate of drug-likeness (QED) is 0.474. The lowest BCUT2D eigenvalue weighted by Crippen LogP contribution is -2.16. The van der Waals surface area contributed by atoms with Crippen LogP contribution in [0.25, 0.3) is 0 Å². The van der Waals surface area contributed by atoms with E-state index in [1.54, 1.807) is 0 Å². The Morgan fingerprint density at radius 1 is 1.50 bits per heavy atom. The van der Waals surface area contributed by atoms with Crippen molar-refractivity contribution in [3.63, 3.8) is 0 Å². The molecule has 0 bridgehead atoms. The van der Waals surface area contributed by atoms with Crippen LogP contribution < -0.4 is 0 Å². The monoisotopic (exact) mass is 114 g/mol. The Hall–Kier alpha value is -0.0400. The van der Waals surface area contributed by atoms with Gasteiger partial charge >= 0.3 is 0 Å². The molecule has 1 nitrogen and oxygen atoms in total. The first-order valence-corrected chi connectivity index (χ1v) is 3.25. The molecule has 1 heteroatoms. The van der Waals surface area contributed by atoms with Crippen LogP contribution in [0.1, 0.15) is 27.7 Å². The van der Waals surface area contributed by atoms with Gasteiger partial charge in [0, 0.05) is 0 Å². The third kappa shape index (κ3) is 0.655. The fourth-order valence-corrected chi connectivity index (χ4v) is 0.952. The molecule has 0 aliphatic carbocycles. The van der Waals surface area contributed by atoms with Crippen LogP contribution in [0.5, 0.6) is 0 Å². The minimum absolute atomic E-state index is 0.208. The van der Waals surface area contributed by atoms with Crippen molar-refractivity contribution in [3.8, 4) is 0 Å². The van der Waals surface area contributed by atoms with Gasteiger partial charge < -0.3 is 4.74 Å². The molecule has 0 amide bonds. The largest absolute Gasteiger partial charge is 0.366 e. The van der Waals surface area contributed by atoms with Crippen LogP contribution in [0.2, 0.25) is 0 Å². The Balaban J connectivity index is 2.47. The van der Waals surface area contributed by atoms with E-state index in [9.17, 15) is 0 Å². The van der Waals surface area contributed by atoms with Crippen LogP contribution in [0.3, 0.4) is 0 Å². The lowest BCUT2D eigenvalue weighted by atomic mass is 9.95. The van der Waals surface area contributed by atoms with E-state index in [1.807, 2.05) is 0 Å². The molecule has 0 N–H and O–H groups in total. The molecule has 1 heterocycles. The molecule has 0 saturated carbocycles. The van der Waals surface area contributed by atoms with E-state index in [4.69, 9.17) is 4.74 Å². The van der Waals surface area contributed by atoms with Gasteiger partial charge in [-0.3, -0.25) is 0 Å². The van der Waals surface area contributed by atoms with E-state index in [2.05, 4.69) is 27.7 Å². The van der Waals surface area contributed by atoms with Crippen molar-refractivity contribution in [2.75, 3.05) is 0 Å². The Labute approximate surface area is 51.0 Å². The van der Waals surface area contributed by atoms with Crippen molar-refractivity contribution >= 4 is 0 Å². The summed E-state index contributed by atoms with van der Waals surface area (Å²) in [5.74, 6) is 0.664. The van der Waals surface area contributed by atoms with Crippen molar-refractivity contribution < 1.29 is 4.74 Å². The number of rotatable bonds is 1. The first kappa shape index (κ1) is 6.09. The molecule has 1 fully saturated rings. The minimum atomic E-state index is 0.208. The highest BCUT2D eigenvalue weighted by molar-refractivity contribution is 4.98. The maximum atomic E-state index is 5.37. The normalized spacial score (nSPS) is 45.4. The maximum Gasteiger partial charge on any atom is 0.0940 e. The molecule has 0 unspecified atom stereocenters. The Morgan fingerprint density at radius 2 is 1.88 bits per heavy atom. The van der Waals surface area contributed by atoms with Gasteiger partial charge in [0.15, 0.2) is 0 Å². The van der Waals surface area contributed by atoms with Crippen molar-refractivity contribution in [2.24, 2.45) is 5.92 Å². The third-order valence-electron chi connectivity index (χ3n) is 2.33. The van der Waals surface area contributed by atoms with Crippen molar-refractivity contribution in [3.05, 3.63) is 0 Å². The van der Waals surface area contributed by atoms with Crippen LogP contribution in [-0.4, -0.2) is 11.7 Å². The molecule has 0 radical (unpaired) electrons. The van der Waals surface area contributed by atoms with E-state index in [-0.39, 0.29) is 5.60 Å². The summed E-state index contributed by atoms with van der Waals surface area (Å²) < 4.78 is 5.37. The van der Waals surface area contributed by atoms with Gasteiger partial charge in [0.05, 0.1) is 11.7 Å². The smallest absolute Gasteiger partial charge is 0.0940 e. The zero-order valence-electron chi connectivity index (χ0n) is 6.06. The molecule has 1 aliphatic heterocycles. The van der Waals surface area contributed by atoms with Gasteiger partial charge in [-0.15, -0.1) is 0 Å². The highest BCUT2D eigenvalue weighted by Gasteiger charge is 2.50. The predicted octanol–water partition coefficient (Wildman–Crippen LogP) is 1.82. The predicted molar refractivity (Wildman–Crippen MR) is 33.8 cm³/mol. The Bertz CT molecular complexity index is 98.6. The summed E-state index contributed by atoms with van der Waals surface area (Å²) in [5, 5.41) is 0. The van der Waals surface area contributed by atoms with E-state index in [1.165, 1.54) is 0 Å². The zero-order chi connectivity index (χ0) is 6.36. The number of hydrogen-bond donors (Lipinski definition) is 0. The molecule has 0 aromatic rings. The number of epoxide rings is 1. The second kappa shape index (κ2) is 1.47. The highest BCUT2D eigenvalue weighted by Crippen LogP contribution is 2.41. The molecular formula is C7H14O. The van der Waals surface area contributed by atoms with Gasteiger partial charge in [-0.2, -0.15) is 0 Å². The molecule has 1 saturated heterocycles. The topological polar surface area (TPSA) is 12.5 Å². The molecule has 2 atom stereocenters. The zero-order valence-corrected chi connectivity index (χ0v) is 6.06. The summed E-state index contributed by atoms with van der Waals surface area (Å²) in [6, 6.07) is 0. The summed E-state index contributed by atoms with van der Waals surface area (Å²) in [4.78, 5) is 0. The summed E-state index contributed by atoms with van der Waals surface area (Å²) in [6.45, 7) is 8.69. The van der Waals surface area contributed by atoms with Crippen molar-refractivity contribution in [1.82, 2.24) is 0 Å². The third-order valence-corrected chi connectivity index (χ3v) is 2.33. The molecule has 1 rings (SSSR count). The average molecular weight is 114 g/mol. The first-order chi connectivity index (χ1) is 3.57. The minimum Gasteiger partial charge on any atom is -0.366 e. The van der Waals surface area contributed by atoms with E-state index < -0.39 is 0 Å². The van der Waals surface area contributed by atoms with Crippen LogP contribution in [0.15, 0.2) is 0 Å². The van der Waals surface area contributed by atoms with Crippen LogP contribution >= 0.6 is 0 Å². The first-order valence-electron chi connectivity index (χ1n) is 3.25. The lowest BCUT2D eigenvalue weighted by molar-refractivity contribution is 0.256. The fourth-order valence-electron chi connectivity index (χ4n) is 0.952. The Kier molecular flexibility index (Phi) is 1.12. The van der Waals surface area contributed by atoms with Gasteiger partial charge in [0.2, 0.25) is 0 Å². The molecule has 8 heavy (non-hydrogen) atoms. The average Bonchev–Trinajstić information content (AvgIpc) is 2.17. The van der Waals surface area contributed by atoms with Crippen LogP contribution in [0.4, 0.5) is 0 Å². The molecule has 1 aliphatic rings. The summed E-state index contributed by atoms with van der Waals surface area (Å²) in [6.07, 6.45) is 0.488. The van der Waals surface area contributed by atoms with Crippen molar-refractivity contribution in [2.45, 2.75) is 39.4 Å². The Morgan fingerprint density at radius 3 is 1.88 bits per heavy atom. The molecule has 0 aromatic heterocycles. The van der Waals surface area contributed by atoms with Gasteiger partial charge in [0.25, 0.3) is 0 Å². The SMILES string of the molecule is CC(C)[C@@]1(C)O[C@@H]1C. The van der Waals surface area contributed by atoms with Crippen LogP contribution in [0, 0.1) is 5.92 Å². The lowest BCUT2D eigenvalue weighted by Gasteiger charge is -2.07. The molecule has 0 aromatic carbocycles. The van der Waals surface area contributed by atoms with Gasteiger partial charge in [0.1, 0.15) is 0 Å². The summed E-state index contributed by atoms with van der Waals surface area (Å²) >= 11 is 0. The van der Waals surface area contributed by atoms with E-state index >= 15 is 0 Å². The van der Waals surface area contributed by atoms with Gasteiger partial charge in [-0.05, 0) is 19.8 Å². The van der Waals surface area contributed by atoms with E-state index in [0.717, 1.165) is 0 Å². The molecule has 0 spiro atoms. The summed E-state index contributed by atoms with van der Waals surface area (Å²) in [7, 11) is 0. The summed E-state index contributed by atoms with van der Waals surface area (Å²) in [5.41, 5.74) is 0.208. The molecular weight excluding hydrogens is 100 g/mol. The van der Waals surface area contributed by atoms with Crippen LogP contribution in [-0.2, 0) is 4.74 Å². The molecule has 48 valence electrons. The van der Waals surface area contributed by atoms with Gasteiger partial charge in [-0.1, -0.05) is 13.8 Å².